The van der Waals surface area contributed by atoms with Gasteiger partial charge in [0, 0.05) is 12.5 Å². The van der Waals surface area contributed by atoms with Crippen molar-refractivity contribution in [2.24, 2.45) is 0 Å². The number of hydrogen-bond acceptors (Lipinski definition) is 6. The van der Waals surface area contributed by atoms with Crippen LogP contribution in [0.15, 0.2) is 17.3 Å². The highest BCUT2D eigenvalue weighted by Gasteiger charge is 2.22. The van der Waals surface area contributed by atoms with E-state index in [1.54, 1.807) is 17.2 Å². The van der Waals surface area contributed by atoms with Crippen molar-refractivity contribution in [1.82, 2.24) is 34.5 Å². The zero-order valence-electron chi connectivity index (χ0n) is 13.9. The number of H-pyrrole nitrogens is 1. The topological polar surface area (TPSA) is 106 Å². The molecule has 0 bridgehead atoms. The summed E-state index contributed by atoms with van der Waals surface area (Å²) in [6.45, 7) is 6.80. The minimum Gasteiger partial charge on any atom is -0.351 e. The first-order valence-electron chi connectivity index (χ1n) is 8.03. The van der Waals surface area contributed by atoms with E-state index in [1.807, 2.05) is 25.5 Å². The lowest BCUT2D eigenvalue weighted by atomic mass is 10.1. The zero-order valence-corrected chi connectivity index (χ0v) is 13.9. The minimum absolute atomic E-state index is 0.144. The Labute approximate surface area is 138 Å². The first kappa shape index (κ1) is 14.9. The summed E-state index contributed by atoms with van der Waals surface area (Å²) in [5.74, 6) is 1.46. The van der Waals surface area contributed by atoms with E-state index in [0.717, 1.165) is 18.7 Å². The van der Waals surface area contributed by atoms with E-state index in [2.05, 4.69) is 30.5 Å². The average Bonchev–Trinajstić information content (AvgIpc) is 3.12. The Bertz CT molecular complexity index is 944. The predicted octanol–water partition coefficient (Wildman–Crippen LogP) is 0.893. The molecule has 3 aromatic heterocycles. The fourth-order valence-corrected chi connectivity index (χ4v) is 3.03. The van der Waals surface area contributed by atoms with Crippen LogP contribution in [0.5, 0.6) is 0 Å². The normalized spacial score (nSPS) is 17.9. The predicted molar refractivity (Wildman–Crippen MR) is 88.9 cm³/mol. The summed E-state index contributed by atoms with van der Waals surface area (Å²) in [4.78, 5) is 23.9. The molecule has 0 aliphatic carbocycles. The summed E-state index contributed by atoms with van der Waals surface area (Å²) in [5.41, 5.74) is 0.154. The van der Waals surface area contributed by atoms with E-state index in [-0.39, 0.29) is 17.1 Å². The summed E-state index contributed by atoms with van der Waals surface area (Å²) in [7, 11) is 0. The van der Waals surface area contributed by atoms with Crippen LogP contribution in [0.1, 0.15) is 33.0 Å². The van der Waals surface area contributed by atoms with E-state index < -0.39 is 0 Å². The molecular formula is C15H20N8O. The second kappa shape index (κ2) is 5.15. The largest absolute Gasteiger partial charge is 0.351 e. The number of hydrogen-bond donors (Lipinski definition) is 2. The maximum atomic E-state index is 12.3. The molecule has 3 aromatic rings. The molecule has 1 unspecified atom stereocenters. The summed E-state index contributed by atoms with van der Waals surface area (Å²) in [6.07, 6.45) is 4.91. The highest BCUT2D eigenvalue weighted by atomic mass is 16.1. The monoisotopic (exact) mass is 328 g/mol. The van der Waals surface area contributed by atoms with Gasteiger partial charge in [0.25, 0.3) is 5.56 Å². The first-order chi connectivity index (χ1) is 11.4. The third kappa shape index (κ3) is 2.45. The number of nitrogens with one attached hydrogen (secondary N) is 2. The third-order valence-electron chi connectivity index (χ3n) is 4.22. The van der Waals surface area contributed by atoms with E-state index in [4.69, 9.17) is 0 Å². The fraction of sp³-hybridized carbons (Fsp3) is 0.533. The van der Waals surface area contributed by atoms with Crippen molar-refractivity contribution in [3.05, 3.63) is 28.7 Å². The van der Waals surface area contributed by atoms with Crippen LogP contribution in [0, 0.1) is 0 Å². The van der Waals surface area contributed by atoms with Crippen molar-refractivity contribution in [3.63, 3.8) is 0 Å². The van der Waals surface area contributed by atoms with Gasteiger partial charge >= 0.3 is 0 Å². The van der Waals surface area contributed by atoms with Crippen molar-refractivity contribution in [1.29, 1.82) is 0 Å². The zero-order chi connectivity index (χ0) is 16.9. The van der Waals surface area contributed by atoms with Crippen molar-refractivity contribution < 1.29 is 0 Å². The molecule has 0 amide bonds. The first-order valence-corrected chi connectivity index (χ1v) is 8.03. The lowest BCUT2D eigenvalue weighted by Crippen LogP contribution is -2.33. The van der Waals surface area contributed by atoms with Gasteiger partial charge in [-0.25, -0.2) is 14.3 Å². The third-order valence-corrected chi connectivity index (χ3v) is 4.22. The number of fused-ring (bicyclic) bond motifs is 2. The van der Waals surface area contributed by atoms with Crippen LogP contribution in [0.3, 0.4) is 0 Å². The molecule has 126 valence electrons. The molecule has 0 saturated carbocycles. The van der Waals surface area contributed by atoms with Gasteiger partial charge in [-0.15, -0.1) is 0 Å². The van der Waals surface area contributed by atoms with Gasteiger partial charge in [0.05, 0.1) is 18.3 Å². The van der Waals surface area contributed by atoms with Gasteiger partial charge in [-0.1, -0.05) is 0 Å². The Hall–Kier alpha value is -2.71. The van der Waals surface area contributed by atoms with Gasteiger partial charge < -0.3 is 5.32 Å². The quantitative estimate of drug-likeness (QED) is 0.724. The van der Waals surface area contributed by atoms with Gasteiger partial charge in [-0.05, 0) is 27.2 Å². The summed E-state index contributed by atoms with van der Waals surface area (Å²) < 4.78 is 3.66. The van der Waals surface area contributed by atoms with Crippen LogP contribution in [-0.2, 0) is 18.5 Å². The van der Waals surface area contributed by atoms with Gasteiger partial charge in [-0.2, -0.15) is 15.2 Å². The Morgan fingerprint density at radius 3 is 2.96 bits per heavy atom. The molecule has 24 heavy (non-hydrogen) atoms. The molecule has 9 nitrogen and oxygen atoms in total. The van der Waals surface area contributed by atoms with E-state index in [1.165, 1.54) is 0 Å². The van der Waals surface area contributed by atoms with Crippen molar-refractivity contribution in [2.75, 3.05) is 5.32 Å². The van der Waals surface area contributed by atoms with Crippen LogP contribution in [0.4, 0.5) is 5.95 Å². The Morgan fingerprint density at radius 1 is 1.33 bits per heavy atom. The average molecular weight is 328 g/mol. The number of rotatable bonds is 2. The smallest absolute Gasteiger partial charge is 0.263 e. The molecular weight excluding hydrogens is 308 g/mol. The van der Waals surface area contributed by atoms with E-state index in [0.29, 0.717) is 23.5 Å². The van der Waals surface area contributed by atoms with Gasteiger partial charge in [0.1, 0.15) is 17.5 Å². The number of nitrogens with zero attached hydrogens (tertiary/aromatic N) is 6. The van der Waals surface area contributed by atoms with Crippen molar-refractivity contribution in [2.45, 2.75) is 51.7 Å². The van der Waals surface area contributed by atoms with E-state index >= 15 is 0 Å². The lowest BCUT2D eigenvalue weighted by molar-refractivity contribution is 0.366. The molecule has 0 fully saturated rings. The van der Waals surface area contributed by atoms with Gasteiger partial charge in [-0.3, -0.25) is 9.78 Å². The molecule has 0 radical (unpaired) electrons. The van der Waals surface area contributed by atoms with Crippen molar-refractivity contribution >= 4 is 17.0 Å². The maximum absolute atomic E-state index is 12.3. The number of aryl methyl sites for hydroxylation is 1. The molecule has 9 heteroatoms. The summed E-state index contributed by atoms with van der Waals surface area (Å²) >= 11 is 0. The number of aromatic amines is 1. The number of anilines is 1. The molecule has 2 N–H and O–H groups in total. The Kier molecular flexibility index (Phi) is 3.19. The van der Waals surface area contributed by atoms with Gasteiger partial charge in [0.15, 0.2) is 5.65 Å². The molecule has 4 heterocycles. The highest BCUT2D eigenvalue weighted by Crippen LogP contribution is 2.20. The molecule has 0 spiro atoms. The SMILES string of the molecule is CC(C)(C)n1ncc2c(=O)[nH]c(NC3CCc4ncnn4C3)nc21. The fourth-order valence-electron chi connectivity index (χ4n) is 3.03. The summed E-state index contributed by atoms with van der Waals surface area (Å²) in [6, 6.07) is 0.144. The summed E-state index contributed by atoms with van der Waals surface area (Å²) in [5, 5.41) is 12.3. The standard InChI is InChI=1S/C15H20N8O/c1-15(2,3)23-12-10(6-17-23)13(24)21-14(20-12)19-9-4-5-11-16-8-18-22(11)7-9/h6,8-9H,4-5,7H2,1-3H3,(H2,19,20,21,24). The molecule has 1 aliphatic rings. The van der Waals surface area contributed by atoms with Gasteiger partial charge in [0.2, 0.25) is 5.95 Å². The second-order valence-electron chi connectivity index (χ2n) is 7.12. The number of aromatic nitrogens is 7. The second-order valence-corrected chi connectivity index (χ2v) is 7.12. The molecule has 1 aliphatic heterocycles. The van der Waals surface area contributed by atoms with Crippen LogP contribution < -0.4 is 10.9 Å². The van der Waals surface area contributed by atoms with Crippen LogP contribution in [0.25, 0.3) is 11.0 Å². The minimum atomic E-state index is -0.250. The Balaban J connectivity index is 1.67. The molecule has 4 rings (SSSR count). The lowest BCUT2D eigenvalue weighted by Gasteiger charge is -2.24. The molecule has 0 saturated heterocycles. The highest BCUT2D eigenvalue weighted by molar-refractivity contribution is 5.74. The van der Waals surface area contributed by atoms with Crippen LogP contribution in [-0.4, -0.2) is 40.6 Å². The Morgan fingerprint density at radius 2 is 2.17 bits per heavy atom. The van der Waals surface area contributed by atoms with Crippen molar-refractivity contribution in [3.8, 4) is 0 Å². The van der Waals surface area contributed by atoms with Crippen LogP contribution in [0.2, 0.25) is 0 Å². The maximum Gasteiger partial charge on any atom is 0.263 e. The molecule has 1 atom stereocenters. The van der Waals surface area contributed by atoms with E-state index in [9.17, 15) is 4.79 Å². The molecule has 0 aromatic carbocycles. The van der Waals surface area contributed by atoms with Crippen LogP contribution >= 0.6 is 0 Å².